The number of para-hydroxylation sites is 1. The Morgan fingerprint density at radius 1 is 1.00 bits per heavy atom. The van der Waals surface area contributed by atoms with E-state index in [0.29, 0.717) is 32.2 Å². The van der Waals surface area contributed by atoms with Crippen molar-refractivity contribution >= 4 is 46.2 Å². The van der Waals surface area contributed by atoms with E-state index in [-0.39, 0.29) is 0 Å². The summed E-state index contributed by atoms with van der Waals surface area (Å²) in [6.07, 6.45) is 1.69. The number of hydrogen-bond donors (Lipinski definition) is 0. The summed E-state index contributed by atoms with van der Waals surface area (Å²) >= 11 is 1.31. The molecule has 1 amide bonds. The SMILES string of the molecule is O=C1c2ccccc2C2=Cc3sc4ccccc4[n+]3[B-](F)(F)N12. The number of rotatable bonds is 0. The van der Waals surface area contributed by atoms with E-state index in [1.54, 1.807) is 42.5 Å². The number of amides is 1. The molecule has 5 rings (SSSR count). The van der Waals surface area contributed by atoms with Crippen molar-refractivity contribution < 1.29 is 17.9 Å². The van der Waals surface area contributed by atoms with Gasteiger partial charge in [0.1, 0.15) is 0 Å². The van der Waals surface area contributed by atoms with E-state index >= 15 is 8.63 Å². The smallest absolute Gasteiger partial charge is 0.389 e. The van der Waals surface area contributed by atoms with Crippen LogP contribution >= 0.6 is 11.3 Å². The molecule has 1 aromatic heterocycles. The van der Waals surface area contributed by atoms with Crippen molar-refractivity contribution in [2.24, 2.45) is 0 Å². The number of halogens is 2. The average Bonchev–Trinajstić information content (AvgIpc) is 3.05. The first-order valence-electron chi connectivity index (χ1n) is 7.19. The van der Waals surface area contributed by atoms with Crippen molar-refractivity contribution in [2.75, 3.05) is 0 Å². The zero-order valence-electron chi connectivity index (χ0n) is 11.7. The predicted octanol–water partition coefficient (Wildman–Crippen LogP) is 3.38. The lowest BCUT2D eigenvalue weighted by Gasteiger charge is -2.33. The van der Waals surface area contributed by atoms with Crippen molar-refractivity contribution in [2.45, 2.75) is 0 Å². The third kappa shape index (κ3) is 1.47. The molecule has 23 heavy (non-hydrogen) atoms. The van der Waals surface area contributed by atoms with Gasteiger partial charge in [0.05, 0.1) is 4.70 Å². The predicted molar refractivity (Wildman–Crippen MR) is 85.9 cm³/mol. The molecular weight excluding hydrogens is 317 g/mol. The van der Waals surface area contributed by atoms with Crippen molar-refractivity contribution in [1.82, 2.24) is 4.81 Å². The van der Waals surface area contributed by atoms with Gasteiger partial charge < -0.3 is 17.9 Å². The highest BCUT2D eigenvalue weighted by Gasteiger charge is 2.58. The zero-order valence-corrected chi connectivity index (χ0v) is 12.6. The lowest BCUT2D eigenvalue weighted by Crippen LogP contribution is -2.70. The lowest BCUT2D eigenvalue weighted by molar-refractivity contribution is -0.542. The number of benzene rings is 2. The first-order chi connectivity index (χ1) is 11.1. The van der Waals surface area contributed by atoms with Crippen molar-refractivity contribution in [3.05, 3.63) is 64.7 Å². The van der Waals surface area contributed by atoms with E-state index in [2.05, 4.69) is 0 Å². The van der Waals surface area contributed by atoms with Gasteiger partial charge >= 0.3 is 6.97 Å². The second kappa shape index (κ2) is 4.05. The Labute approximate surface area is 134 Å². The van der Waals surface area contributed by atoms with Gasteiger partial charge in [-0.3, -0.25) is 4.79 Å². The Morgan fingerprint density at radius 2 is 1.70 bits per heavy atom. The molecule has 0 unspecified atom stereocenters. The molecule has 0 atom stereocenters. The quantitative estimate of drug-likeness (QED) is 0.581. The number of aromatic nitrogens is 1. The minimum atomic E-state index is -4.22. The summed E-state index contributed by atoms with van der Waals surface area (Å²) in [6.45, 7) is -4.22. The molecule has 0 saturated heterocycles. The van der Waals surface area contributed by atoms with Crippen molar-refractivity contribution in [1.29, 1.82) is 0 Å². The van der Waals surface area contributed by atoms with Crippen LogP contribution in [0.5, 0.6) is 0 Å². The molecule has 0 aliphatic carbocycles. The zero-order chi connectivity index (χ0) is 15.8. The summed E-state index contributed by atoms with van der Waals surface area (Å²) in [5.41, 5.74) is 1.65. The van der Waals surface area contributed by atoms with Crippen LogP contribution in [-0.2, 0) is 0 Å². The highest BCUT2D eigenvalue weighted by atomic mass is 32.1. The van der Waals surface area contributed by atoms with Crippen LogP contribution in [-0.4, -0.2) is 17.7 Å². The van der Waals surface area contributed by atoms with Crippen LogP contribution in [0, 0.1) is 0 Å². The van der Waals surface area contributed by atoms with E-state index in [1.165, 1.54) is 11.3 Å². The summed E-state index contributed by atoms with van der Waals surface area (Å²) in [6, 6.07) is 13.8. The van der Waals surface area contributed by atoms with Gasteiger partial charge in [0, 0.05) is 29.0 Å². The Balaban J connectivity index is 1.88. The molecule has 0 bridgehead atoms. The fraction of sp³-hybridized carbons (Fsp3) is 0. The molecule has 7 heteroatoms. The highest BCUT2D eigenvalue weighted by Crippen LogP contribution is 2.41. The van der Waals surface area contributed by atoms with Gasteiger partial charge in [-0.05, 0) is 12.1 Å². The van der Waals surface area contributed by atoms with Gasteiger partial charge in [0.25, 0.3) is 0 Å². The minimum absolute atomic E-state index is 0.294. The van der Waals surface area contributed by atoms with Gasteiger partial charge in [-0.1, -0.05) is 41.7 Å². The molecule has 3 nitrogen and oxygen atoms in total. The van der Waals surface area contributed by atoms with E-state index in [9.17, 15) is 4.79 Å². The van der Waals surface area contributed by atoms with Crippen LogP contribution in [0.3, 0.4) is 0 Å². The fourth-order valence-electron chi connectivity index (χ4n) is 3.39. The highest BCUT2D eigenvalue weighted by molar-refractivity contribution is 7.19. The Hall–Kier alpha value is -2.54. The number of fused-ring (bicyclic) bond motifs is 6. The molecule has 3 heterocycles. The molecule has 0 spiro atoms. The molecule has 2 aliphatic rings. The van der Waals surface area contributed by atoms with E-state index < -0.39 is 12.9 Å². The fourth-order valence-corrected chi connectivity index (χ4v) is 4.53. The summed E-state index contributed by atoms with van der Waals surface area (Å²) in [4.78, 5) is 13.2. The van der Waals surface area contributed by atoms with Gasteiger partial charge in [-0.25, -0.2) is 0 Å². The number of hydrogen-bond acceptors (Lipinski definition) is 2. The number of nitrogens with zero attached hydrogens (tertiary/aromatic N) is 2. The number of thiazole rings is 1. The van der Waals surface area contributed by atoms with E-state index in [4.69, 9.17) is 0 Å². The third-order valence-electron chi connectivity index (χ3n) is 4.37. The second-order valence-corrected chi connectivity index (χ2v) is 6.68. The van der Waals surface area contributed by atoms with Crippen molar-refractivity contribution in [3.8, 4) is 0 Å². The van der Waals surface area contributed by atoms with Crippen LogP contribution in [0.1, 0.15) is 20.9 Å². The van der Waals surface area contributed by atoms with Gasteiger partial charge in [-0.2, -0.15) is 0 Å². The summed E-state index contributed by atoms with van der Waals surface area (Å²) in [7, 11) is 0. The second-order valence-electron chi connectivity index (χ2n) is 5.62. The Morgan fingerprint density at radius 3 is 2.52 bits per heavy atom. The maximum absolute atomic E-state index is 15.2. The monoisotopic (exact) mass is 326 g/mol. The molecular formula is C16H9BF2N2OS. The third-order valence-corrected chi connectivity index (χ3v) is 5.46. The average molecular weight is 326 g/mol. The molecule has 112 valence electrons. The molecule has 0 saturated carbocycles. The molecule has 2 aliphatic heterocycles. The maximum atomic E-state index is 15.2. The van der Waals surface area contributed by atoms with Gasteiger partial charge in [0.2, 0.25) is 10.9 Å². The molecule has 2 aromatic carbocycles. The largest absolute Gasteiger partial charge is 0.741 e. The van der Waals surface area contributed by atoms with Gasteiger partial charge in [0.15, 0.2) is 5.52 Å². The Bertz CT molecular complexity index is 1040. The normalized spacial score (nSPS) is 17.7. The summed E-state index contributed by atoms with van der Waals surface area (Å²) in [5, 5.41) is 0.465. The molecule has 0 N–H and O–H groups in total. The molecule has 0 radical (unpaired) electrons. The van der Waals surface area contributed by atoms with Crippen LogP contribution in [0.15, 0.2) is 48.5 Å². The maximum Gasteiger partial charge on any atom is 0.741 e. The Kier molecular flexibility index (Phi) is 2.28. The standard InChI is InChI=1S/C16H9BF2N2OS/c18-17(19)20-12-7-3-4-8-14(12)23-15(20)9-13-10-5-1-2-6-11(10)16(22)21(13)17/h1-9H. The van der Waals surface area contributed by atoms with E-state index in [0.717, 1.165) is 9.18 Å². The van der Waals surface area contributed by atoms with Gasteiger partial charge in [-0.15, -0.1) is 0 Å². The van der Waals surface area contributed by atoms with Crippen molar-refractivity contribution in [3.63, 3.8) is 0 Å². The molecule has 0 fully saturated rings. The van der Waals surface area contributed by atoms with Crippen LogP contribution in [0.25, 0.3) is 22.0 Å². The minimum Gasteiger partial charge on any atom is -0.389 e. The topological polar surface area (TPSA) is 24.2 Å². The van der Waals surface area contributed by atoms with Crippen LogP contribution in [0.2, 0.25) is 0 Å². The van der Waals surface area contributed by atoms with Crippen LogP contribution in [0.4, 0.5) is 8.63 Å². The van der Waals surface area contributed by atoms with E-state index in [1.807, 2.05) is 12.1 Å². The lowest BCUT2D eigenvalue weighted by atomic mass is 9.89. The molecule has 3 aromatic rings. The first-order valence-corrected chi connectivity index (χ1v) is 8.01. The number of carbonyl (C=O) groups excluding carboxylic acids is 1. The first kappa shape index (κ1) is 13.0. The summed E-state index contributed by atoms with van der Waals surface area (Å²) < 4.78 is 32.2. The summed E-state index contributed by atoms with van der Waals surface area (Å²) in [5.74, 6) is -0.634. The number of carbonyl (C=O) groups is 1. The van der Waals surface area contributed by atoms with Crippen LogP contribution < -0.4 is 4.48 Å².